The van der Waals surface area contributed by atoms with Crippen molar-refractivity contribution in [1.82, 2.24) is 0 Å². The van der Waals surface area contributed by atoms with Gasteiger partial charge in [0.2, 0.25) is 0 Å². The smallest absolute Gasteiger partial charge is 0.00961 e. The Balaban J connectivity index is 1.40. The minimum Gasteiger partial charge on any atom is -0.0620 e. The summed E-state index contributed by atoms with van der Waals surface area (Å²) < 4.78 is 0. The van der Waals surface area contributed by atoms with E-state index in [-0.39, 0.29) is 0 Å². The SMILES string of the molecule is Cc1ccccc1-c1cc(-c2ccccc2C)cc(-c2cc(-c3ccccc3C)c(-c3cc(-c4ccccc4C)cc(-c4ccccc4C)c3)cc2-c2ccccc2C)c1. The molecule has 0 spiro atoms. The zero-order valence-corrected chi connectivity index (χ0v) is 35.5. The van der Waals surface area contributed by atoms with Crippen LogP contribution >= 0.6 is 0 Å². The Morgan fingerprint density at radius 2 is 0.350 bits per heavy atom. The highest BCUT2D eigenvalue weighted by molar-refractivity contribution is 5.99. The molecule has 0 heterocycles. The first-order valence-electron chi connectivity index (χ1n) is 21.1. The zero-order valence-electron chi connectivity index (χ0n) is 35.5. The zero-order chi connectivity index (χ0) is 41.3. The molecule has 60 heavy (non-hydrogen) atoms. The maximum absolute atomic E-state index is 2.49. The fraction of sp³-hybridized carbons (Fsp3) is 0.100. The summed E-state index contributed by atoms with van der Waals surface area (Å²) in [6, 6.07) is 72.2. The molecule has 290 valence electrons. The highest BCUT2D eigenvalue weighted by Crippen LogP contribution is 2.47. The molecule has 0 aromatic heterocycles. The summed E-state index contributed by atoms with van der Waals surface area (Å²) in [6.07, 6.45) is 0. The van der Waals surface area contributed by atoms with Crippen LogP contribution in [0.2, 0.25) is 0 Å². The second-order valence-corrected chi connectivity index (χ2v) is 16.4. The molecule has 0 heteroatoms. The molecule has 0 bridgehead atoms. The Morgan fingerprint density at radius 1 is 0.167 bits per heavy atom. The number of benzene rings is 9. The van der Waals surface area contributed by atoms with Crippen LogP contribution in [0.25, 0.3) is 89.0 Å². The Bertz CT molecular complexity index is 2710. The molecule has 9 rings (SSSR count). The van der Waals surface area contributed by atoms with Crippen molar-refractivity contribution in [2.75, 3.05) is 0 Å². The Kier molecular flexibility index (Phi) is 10.5. The van der Waals surface area contributed by atoms with Crippen molar-refractivity contribution in [2.45, 2.75) is 41.5 Å². The standard InChI is InChI=1S/C60H50/c1-39-19-7-13-25-51(39)45-31-46(52-26-14-8-20-40(52)2)34-49(33-45)57-37-60(56-30-18-12-24-44(56)6)58(38-59(57)55-29-17-11-23-43(55)5)50-35-47(53-27-15-9-21-41(53)3)32-48(36-50)54-28-16-10-22-42(54)4/h7-38H,1-6H3. The Labute approximate surface area is 356 Å². The largest absolute Gasteiger partial charge is 0.0620 e. The van der Waals surface area contributed by atoms with Crippen molar-refractivity contribution < 1.29 is 0 Å². The van der Waals surface area contributed by atoms with Crippen molar-refractivity contribution in [3.8, 4) is 89.0 Å². The first kappa shape index (κ1) is 38.5. The van der Waals surface area contributed by atoms with E-state index >= 15 is 0 Å². The third kappa shape index (κ3) is 7.42. The average molecular weight is 771 g/mol. The van der Waals surface area contributed by atoms with E-state index in [1.165, 1.54) is 122 Å². The third-order valence-electron chi connectivity index (χ3n) is 12.3. The van der Waals surface area contributed by atoms with Crippen LogP contribution in [-0.4, -0.2) is 0 Å². The summed E-state index contributed by atoms with van der Waals surface area (Å²) in [5.41, 5.74) is 27.1. The summed E-state index contributed by atoms with van der Waals surface area (Å²) in [5.74, 6) is 0. The van der Waals surface area contributed by atoms with Gasteiger partial charge in [0, 0.05) is 0 Å². The molecule has 0 saturated carbocycles. The summed E-state index contributed by atoms with van der Waals surface area (Å²) in [5, 5.41) is 0. The maximum Gasteiger partial charge on any atom is -0.00961 e. The molecule has 0 atom stereocenters. The maximum atomic E-state index is 2.49. The summed E-state index contributed by atoms with van der Waals surface area (Å²) in [7, 11) is 0. The Hall–Kier alpha value is -7.02. The van der Waals surface area contributed by atoms with Crippen molar-refractivity contribution >= 4 is 0 Å². The van der Waals surface area contributed by atoms with Crippen molar-refractivity contribution in [3.05, 3.63) is 228 Å². The number of aryl methyl sites for hydroxylation is 6. The highest BCUT2D eigenvalue weighted by Gasteiger charge is 2.21. The minimum absolute atomic E-state index is 1.20. The van der Waals surface area contributed by atoms with E-state index in [0.29, 0.717) is 0 Å². The van der Waals surface area contributed by atoms with Gasteiger partial charge in [-0.05, 0) is 212 Å². The van der Waals surface area contributed by atoms with Crippen LogP contribution in [0.5, 0.6) is 0 Å². The van der Waals surface area contributed by atoms with E-state index in [0.717, 1.165) is 0 Å². The van der Waals surface area contributed by atoms with Gasteiger partial charge in [0.1, 0.15) is 0 Å². The van der Waals surface area contributed by atoms with Crippen LogP contribution in [-0.2, 0) is 0 Å². The van der Waals surface area contributed by atoms with Gasteiger partial charge in [-0.25, -0.2) is 0 Å². The van der Waals surface area contributed by atoms with Gasteiger partial charge in [-0.2, -0.15) is 0 Å². The molecule has 0 saturated heterocycles. The molecule has 0 nitrogen and oxygen atoms in total. The van der Waals surface area contributed by atoms with Gasteiger partial charge in [0.25, 0.3) is 0 Å². The first-order chi connectivity index (χ1) is 29.2. The lowest BCUT2D eigenvalue weighted by molar-refractivity contribution is 1.42. The summed E-state index contributed by atoms with van der Waals surface area (Å²) in [6.45, 7) is 13.4. The van der Waals surface area contributed by atoms with E-state index in [4.69, 9.17) is 0 Å². The number of rotatable bonds is 8. The average Bonchev–Trinajstić information content (AvgIpc) is 3.27. The van der Waals surface area contributed by atoms with Crippen LogP contribution in [0.1, 0.15) is 33.4 Å². The quantitative estimate of drug-likeness (QED) is 0.144. The fourth-order valence-corrected chi connectivity index (χ4v) is 9.05. The monoisotopic (exact) mass is 770 g/mol. The number of hydrogen-bond acceptors (Lipinski definition) is 0. The van der Waals surface area contributed by atoms with E-state index < -0.39 is 0 Å². The lowest BCUT2D eigenvalue weighted by atomic mass is 9.81. The van der Waals surface area contributed by atoms with Gasteiger partial charge >= 0.3 is 0 Å². The van der Waals surface area contributed by atoms with Gasteiger partial charge in [-0.15, -0.1) is 0 Å². The molecule has 0 N–H and O–H groups in total. The first-order valence-corrected chi connectivity index (χ1v) is 21.1. The van der Waals surface area contributed by atoms with Crippen molar-refractivity contribution in [3.63, 3.8) is 0 Å². The molecular weight excluding hydrogens is 721 g/mol. The van der Waals surface area contributed by atoms with Gasteiger partial charge in [-0.1, -0.05) is 146 Å². The van der Waals surface area contributed by atoms with Gasteiger partial charge < -0.3 is 0 Å². The van der Waals surface area contributed by atoms with Gasteiger partial charge in [0.05, 0.1) is 0 Å². The van der Waals surface area contributed by atoms with Crippen LogP contribution in [0, 0.1) is 41.5 Å². The van der Waals surface area contributed by atoms with Crippen molar-refractivity contribution in [2.24, 2.45) is 0 Å². The topological polar surface area (TPSA) is 0 Å². The van der Waals surface area contributed by atoms with Gasteiger partial charge in [-0.3, -0.25) is 0 Å². The highest BCUT2D eigenvalue weighted by atomic mass is 14.2. The van der Waals surface area contributed by atoms with E-state index in [1.54, 1.807) is 0 Å². The van der Waals surface area contributed by atoms with Crippen LogP contribution in [0.4, 0.5) is 0 Å². The molecule has 9 aromatic carbocycles. The predicted molar refractivity (Wildman–Crippen MR) is 258 cm³/mol. The lowest BCUT2D eigenvalue weighted by Gasteiger charge is -2.22. The van der Waals surface area contributed by atoms with Gasteiger partial charge in [0.15, 0.2) is 0 Å². The normalized spacial score (nSPS) is 11.2. The third-order valence-corrected chi connectivity index (χ3v) is 12.3. The lowest BCUT2D eigenvalue weighted by Crippen LogP contribution is -1.97. The number of hydrogen-bond donors (Lipinski definition) is 0. The molecule has 0 aliphatic carbocycles. The molecule has 0 aliphatic rings. The second kappa shape index (κ2) is 16.3. The molecule has 0 aliphatic heterocycles. The van der Waals surface area contributed by atoms with E-state index in [9.17, 15) is 0 Å². The fourth-order valence-electron chi connectivity index (χ4n) is 9.05. The minimum atomic E-state index is 1.20. The van der Waals surface area contributed by atoms with Crippen LogP contribution in [0.15, 0.2) is 194 Å². The van der Waals surface area contributed by atoms with Crippen LogP contribution < -0.4 is 0 Å². The molecular formula is C60H50. The van der Waals surface area contributed by atoms with Crippen molar-refractivity contribution in [1.29, 1.82) is 0 Å². The molecule has 0 amide bonds. The molecule has 0 radical (unpaired) electrons. The van der Waals surface area contributed by atoms with E-state index in [1.807, 2.05) is 0 Å². The Morgan fingerprint density at radius 3 is 0.567 bits per heavy atom. The summed E-state index contributed by atoms with van der Waals surface area (Å²) in [4.78, 5) is 0. The molecule has 0 fully saturated rings. The van der Waals surface area contributed by atoms with E-state index in [2.05, 4.69) is 236 Å². The summed E-state index contributed by atoms with van der Waals surface area (Å²) >= 11 is 0. The van der Waals surface area contributed by atoms with Crippen LogP contribution in [0.3, 0.4) is 0 Å². The second-order valence-electron chi connectivity index (χ2n) is 16.4. The molecule has 9 aromatic rings. The molecule has 0 unspecified atom stereocenters. The predicted octanol–water partition coefficient (Wildman–Crippen LogP) is 16.9.